The molecule has 2 aromatic heterocycles. The molecule has 3 rings (SSSR count). The van der Waals surface area contributed by atoms with E-state index >= 15 is 0 Å². The molecule has 1 amide bonds. The normalized spacial score (nSPS) is 12.2. The Bertz CT molecular complexity index is 972. The second kappa shape index (κ2) is 7.43. The number of hydrogen-bond donors (Lipinski definition) is 2. The average Bonchev–Trinajstić information content (AvgIpc) is 3.12. The van der Waals surface area contributed by atoms with Crippen molar-refractivity contribution in [2.24, 2.45) is 0 Å². The molecule has 0 saturated heterocycles. The lowest BCUT2D eigenvalue weighted by molar-refractivity contribution is -0.115. The predicted molar refractivity (Wildman–Crippen MR) is 107 cm³/mol. The number of thioether (sulfide) groups is 1. The molecule has 1 aromatic carbocycles. The number of nitrogens with two attached hydrogens (primary N) is 1. The zero-order valence-corrected chi connectivity index (χ0v) is 16.8. The van der Waals surface area contributed by atoms with Crippen LogP contribution in [0.25, 0.3) is 5.95 Å². The maximum Gasteiger partial charge on any atom is 0.271 e. The van der Waals surface area contributed by atoms with Crippen LogP contribution in [0.15, 0.2) is 29.4 Å². The summed E-state index contributed by atoms with van der Waals surface area (Å²) < 4.78 is 2.99. The van der Waals surface area contributed by atoms with Crippen LogP contribution in [0.3, 0.4) is 0 Å². The van der Waals surface area contributed by atoms with Crippen LogP contribution in [0, 0.1) is 27.7 Å². The van der Waals surface area contributed by atoms with Gasteiger partial charge < -0.3 is 11.2 Å². The molecule has 0 bridgehead atoms. The van der Waals surface area contributed by atoms with Crippen molar-refractivity contribution < 1.29 is 4.79 Å². The van der Waals surface area contributed by atoms with Crippen molar-refractivity contribution in [3.8, 4) is 5.95 Å². The van der Waals surface area contributed by atoms with Gasteiger partial charge in [-0.3, -0.25) is 4.79 Å². The number of nitrogens with one attached hydrogen (secondary N) is 1. The fourth-order valence-electron chi connectivity index (χ4n) is 2.77. The lowest BCUT2D eigenvalue weighted by Crippen LogP contribution is -2.25. The summed E-state index contributed by atoms with van der Waals surface area (Å²) in [5.74, 6) is 6.43. The number of anilines is 1. The second-order valence-electron chi connectivity index (χ2n) is 6.51. The third-order valence-corrected chi connectivity index (χ3v) is 5.28. The molecule has 0 aliphatic heterocycles. The van der Waals surface area contributed by atoms with E-state index in [-0.39, 0.29) is 5.91 Å². The highest BCUT2D eigenvalue weighted by atomic mass is 32.2. The third kappa shape index (κ3) is 3.82. The molecule has 2 heterocycles. The Kier molecular flexibility index (Phi) is 5.22. The first-order valence-corrected chi connectivity index (χ1v) is 9.43. The first-order chi connectivity index (χ1) is 12.8. The molecule has 3 N–H and O–H groups in total. The Morgan fingerprint density at radius 2 is 1.85 bits per heavy atom. The van der Waals surface area contributed by atoms with Gasteiger partial charge >= 0.3 is 0 Å². The van der Waals surface area contributed by atoms with Crippen molar-refractivity contribution in [3.63, 3.8) is 0 Å². The third-order valence-electron chi connectivity index (χ3n) is 4.23. The van der Waals surface area contributed by atoms with E-state index in [0.717, 1.165) is 28.2 Å². The summed E-state index contributed by atoms with van der Waals surface area (Å²) >= 11 is 1.25. The Morgan fingerprint density at radius 1 is 1.19 bits per heavy atom. The van der Waals surface area contributed by atoms with Crippen molar-refractivity contribution in [2.45, 2.75) is 45.0 Å². The van der Waals surface area contributed by atoms with E-state index in [4.69, 9.17) is 5.84 Å². The number of amides is 1. The van der Waals surface area contributed by atoms with E-state index in [2.05, 4.69) is 20.6 Å². The van der Waals surface area contributed by atoms with Crippen LogP contribution in [-0.4, -0.2) is 35.8 Å². The monoisotopic (exact) mass is 385 g/mol. The second-order valence-corrected chi connectivity index (χ2v) is 7.82. The highest BCUT2D eigenvalue weighted by Gasteiger charge is 2.21. The molecule has 142 valence electrons. The molecule has 9 heteroatoms. The number of aryl methyl sites for hydroxylation is 4. The van der Waals surface area contributed by atoms with Crippen molar-refractivity contribution in [1.29, 1.82) is 0 Å². The van der Waals surface area contributed by atoms with Crippen molar-refractivity contribution in [1.82, 2.24) is 24.7 Å². The molecule has 0 spiro atoms. The van der Waals surface area contributed by atoms with Crippen molar-refractivity contribution in [3.05, 3.63) is 46.8 Å². The Morgan fingerprint density at radius 3 is 2.44 bits per heavy atom. The number of hydrogen-bond acceptors (Lipinski definition) is 6. The molecule has 1 atom stereocenters. The van der Waals surface area contributed by atoms with Crippen molar-refractivity contribution >= 4 is 23.4 Å². The number of para-hydroxylation sites is 1. The minimum Gasteiger partial charge on any atom is -0.334 e. The molecule has 0 radical (unpaired) electrons. The van der Waals surface area contributed by atoms with E-state index in [1.165, 1.54) is 16.4 Å². The summed E-state index contributed by atoms with van der Waals surface area (Å²) in [4.78, 5) is 12.6. The first kappa shape index (κ1) is 19.0. The van der Waals surface area contributed by atoms with Crippen molar-refractivity contribution in [2.75, 3.05) is 11.2 Å². The predicted octanol–water partition coefficient (Wildman–Crippen LogP) is 2.53. The molecule has 27 heavy (non-hydrogen) atoms. The van der Waals surface area contributed by atoms with Gasteiger partial charge in [0.15, 0.2) is 0 Å². The molecule has 0 aliphatic rings. The quantitative estimate of drug-likeness (QED) is 0.517. The number of carbonyl (C=O) groups excluding carboxylic acids is 1. The van der Waals surface area contributed by atoms with Crippen LogP contribution in [0.2, 0.25) is 0 Å². The van der Waals surface area contributed by atoms with E-state index in [9.17, 15) is 4.79 Å². The van der Waals surface area contributed by atoms with Gasteiger partial charge in [0, 0.05) is 11.4 Å². The Labute approximate surface area is 162 Å². The van der Waals surface area contributed by atoms with E-state index in [1.807, 2.05) is 58.9 Å². The van der Waals surface area contributed by atoms with Gasteiger partial charge in [0.1, 0.15) is 0 Å². The van der Waals surface area contributed by atoms with Crippen LogP contribution < -0.4 is 11.2 Å². The average molecular weight is 385 g/mol. The highest BCUT2D eigenvalue weighted by molar-refractivity contribution is 8.00. The van der Waals surface area contributed by atoms with Crippen LogP contribution >= 0.6 is 11.8 Å². The lowest BCUT2D eigenvalue weighted by Gasteiger charge is -2.15. The van der Waals surface area contributed by atoms with Crippen LogP contribution in [0.1, 0.15) is 29.4 Å². The van der Waals surface area contributed by atoms with Crippen LogP contribution in [-0.2, 0) is 4.79 Å². The maximum absolute atomic E-state index is 12.6. The number of rotatable bonds is 5. The molecular formula is C18H23N7OS. The Balaban J connectivity index is 1.75. The number of benzene rings is 1. The number of nitrogens with zero attached hydrogens (tertiary/aromatic N) is 5. The van der Waals surface area contributed by atoms with E-state index in [0.29, 0.717) is 11.1 Å². The standard InChI is InChI=1S/C18H23N7OS/c1-10-7-6-8-11(2)15(10)20-16(26)14(5)27-18-22-21-17(24(18)19)25-13(4)9-12(3)23-25/h6-9,14H,19H2,1-5H3,(H,20,26)/t14-/m0/s1. The molecule has 8 nitrogen and oxygen atoms in total. The summed E-state index contributed by atoms with van der Waals surface area (Å²) in [7, 11) is 0. The van der Waals surface area contributed by atoms with Crippen LogP contribution in [0.4, 0.5) is 5.69 Å². The minimum atomic E-state index is -0.399. The highest BCUT2D eigenvalue weighted by Crippen LogP contribution is 2.25. The van der Waals surface area contributed by atoms with Gasteiger partial charge in [-0.25, -0.2) is 9.36 Å². The fourth-order valence-corrected chi connectivity index (χ4v) is 3.54. The van der Waals surface area contributed by atoms with Gasteiger partial charge in [0.2, 0.25) is 11.1 Å². The first-order valence-electron chi connectivity index (χ1n) is 8.55. The molecule has 3 aromatic rings. The number of carbonyl (C=O) groups is 1. The maximum atomic E-state index is 12.6. The van der Waals surface area contributed by atoms with Gasteiger partial charge in [0.25, 0.3) is 5.95 Å². The molecule has 0 fully saturated rings. The fraction of sp³-hybridized carbons (Fsp3) is 0.333. The van der Waals surface area contributed by atoms with Gasteiger partial charge in [-0.05, 0) is 51.8 Å². The van der Waals surface area contributed by atoms with Gasteiger partial charge in [0.05, 0.1) is 10.9 Å². The summed E-state index contributed by atoms with van der Waals surface area (Å²) in [6.45, 7) is 9.57. The summed E-state index contributed by atoms with van der Waals surface area (Å²) in [6.07, 6.45) is 0. The molecule has 0 aliphatic carbocycles. The smallest absolute Gasteiger partial charge is 0.271 e. The van der Waals surface area contributed by atoms with Crippen LogP contribution in [0.5, 0.6) is 0 Å². The largest absolute Gasteiger partial charge is 0.334 e. The topological polar surface area (TPSA) is 104 Å². The van der Waals surface area contributed by atoms with E-state index < -0.39 is 5.25 Å². The zero-order valence-electron chi connectivity index (χ0n) is 16.0. The Hall–Kier alpha value is -2.81. The zero-order chi connectivity index (χ0) is 19.7. The molecule has 0 unspecified atom stereocenters. The van der Waals surface area contributed by atoms with Gasteiger partial charge in [-0.2, -0.15) is 5.10 Å². The van der Waals surface area contributed by atoms with E-state index in [1.54, 1.807) is 4.68 Å². The van der Waals surface area contributed by atoms with Gasteiger partial charge in [-0.15, -0.1) is 10.2 Å². The lowest BCUT2D eigenvalue weighted by atomic mass is 10.1. The summed E-state index contributed by atoms with van der Waals surface area (Å²) in [5.41, 5.74) is 4.66. The summed E-state index contributed by atoms with van der Waals surface area (Å²) in [5, 5.41) is 15.6. The minimum absolute atomic E-state index is 0.118. The van der Waals surface area contributed by atoms with Gasteiger partial charge in [-0.1, -0.05) is 30.0 Å². The number of nitrogen functional groups attached to an aromatic ring is 1. The molecule has 0 saturated carbocycles. The number of aromatic nitrogens is 5. The molecular weight excluding hydrogens is 362 g/mol. The summed E-state index contributed by atoms with van der Waals surface area (Å²) in [6, 6.07) is 7.84. The SMILES string of the molecule is Cc1cc(C)n(-c2nnc(S[C@@H](C)C(=O)Nc3c(C)cccc3C)n2N)n1.